The van der Waals surface area contributed by atoms with Crippen molar-refractivity contribution in [3.63, 3.8) is 0 Å². The lowest BCUT2D eigenvalue weighted by molar-refractivity contribution is -0.384. The largest absolute Gasteiger partial charge is 0.454 e. The van der Waals surface area contributed by atoms with Gasteiger partial charge in [0, 0.05) is 17.7 Å². The van der Waals surface area contributed by atoms with E-state index >= 15 is 0 Å². The number of ether oxygens (including phenoxy) is 3. The van der Waals surface area contributed by atoms with E-state index in [2.05, 4.69) is 10.2 Å². The molecule has 0 saturated heterocycles. The highest BCUT2D eigenvalue weighted by molar-refractivity contribution is 5.90. The summed E-state index contributed by atoms with van der Waals surface area (Å²) >= 11 is 0. The van der Waals surface area contributed by atoms with Gasteiger partial charge in [-0.25, -0.2) is 4.79 Å². The third-order valence-electron chi connectivity index (χ3n) is 4.01. The fraction of sp³-hybridized carbons (Fsp3) is 0.167. The van der Waals surface area contributed by atoms with Gasteiger partial charge in [-0.1, -0.05) is 0 Å². The van der Waals surface area contributed by atoms with Crippen LogP contribution in [0.2, 0.25) is 0 Å². The second-order valence-electron chi connectivity index (χ2n) is 5.87. The second-order valence-corrected chi connectivity index (χ2v) is 5.87. The van der Waals surface area contributed by atoms with E-state index in [9.17, 15) is 14.9 Å². The number of nitrogens with zero attached hydrogens (tertiary/aromatic N) is 3. The lowest BCUT2D eigenvalue weighted by Crippen LogP contribution is -2.09. The summed E-state index contributed by atoms with van der Waals surface area (Å²) < 4.78 is 21.3. The van der Waals surface area contributed by atoms with E-state index in [1.165, 1.54) is 30.3 Å². The van der Waals surface area contributed by atoms with Crippen LogP contribution in [0.25, 0.3) is 11.5 Å². The maximum Gasteiger partial charge on any atom is 0.339 e. The molecule has 0 radical (unpaired) electrons. The summed E-state index contributed by atoms with van der Waals surface area (Å²) in [7, 11) is 0. The highest BCUT2D eigenvalue weighted by atomic mass is 16.7. The second kappa shape index (κ2) is 6.99. The minimum absolute atomic E-state index is 0.0467. The molecule has 1 aliphatic heterocycles. The number of fused-ring (bicyclic) bond motifs is 1. The van der Waals surface area contributed by atoms with Crippen LogP contribution >= 0.6 is 0 Å². The zero-order chi connectivity index (χ0) is 19.7. The molecule has 10 nitrogen and oxygen atoms in total. The number of carbonyl (C=O) groups excluding carboxylic acids is 1. The third kappa shape index (κ3) is 3.34. The smallest absolute Gasteiger partial charge is 0.339 e. The predicted molar refractivity (Wildman–Crippen MR) is 92.8 cm³/mol. The van der Waals surface area contributed by atoms with Gasteiger partial charge in [0.1, 0.15) is 0 Å². The number of rotatable bonds is 5. The van der Waals surface area contributed by atoms with E-state index in [1.54, 1.807) is 19.1 Å². The lowest BCUT2D eigenvalue weighted by atomic mass is 10.2. The van der Waals surface area contributed by atoms with Gasteiger partial charge in [-0.05, 0) is 37.3 Å². The van der Waals surface area contributed by atoms with Gasteiger partial charge in [0.05, 0.1) is 10.5 Å². The Morgan fingerprint density at radius 3 is 2.64 bits per heavy atom. The van der Waals surface area contributed by atoms with Crippen LogP contribution in [0.1, 0.15) is 29.3 Å². The molecule has 1 atom stereocenters. The van der Waals surface area contributed by atoms with Gasteiger partial charge in [-0.2, -0.15) is 0 Å². The fourth-order valence-corrected chi connectivity index (χ4v) is 2.54. The van der Waals surface area contributed by atoms with E-state index in [0.717, 1.165) is 0 Å². The van der Waals surface area contributed by atoms with Gasteiger partial charge in [0.2, 0.25) is 12.7 Å². The first-order valence-corrected chi connectivity index (χ1v) is 8.20. The zero-order valence-corrected chi connectivity index (χ0v) is 14.5. The van der Waals surface area contributed by atoms with Crippen LogP contribution < -0.4 is 9.47 Å². The molecule has 0 spiro atoms. The summed E-state index contributed by atoms with van der Waals surface area (Å²) in [5.41, 5.74) is 0.763. The number of nitro groups is 1. The summed E-state index contributed by atoms with van der Waals surface area (Å²) in [5, 5.41) is 18.5. The Bertz CT molecular complexity index is 1050. The Hall–Kier alpha value is -3.95. The SMILES string of the molecule is C[C@H](OC(=O)c1ccc2c(c1)OCO2)c1nnc(-c2ccc([N+](=O)[O-])cc2)o1. The summed E-state index contributed by atoms with van der Waals surface area (Å²) in [6, 6.07) is 10.4. The monoisotopic (exact) mass is 383 g/mol. The van der Waals surface area contributed by atoms with Crippen LogP contribution in [0.3, 0.4) is 0 Å². The van der Waals surface area contributed by atoms with Gasteiger partial charge in [0.25, 0.3) is 11.6 Å². The molecule has 0 aliphatic carbocycles. The summed E-state index contributed by atoms with van der Waals surface area (Å²) in [6.45, 7) is 1.70. The number of carbonyl (C=O) groups is 1. The van der Waals surface area contributed by atoms with Gasteiger partial charge in [-0.3, -0.25) is 10.1 Å². The van der Waals surface area contributed by atoms with Crippen LogP contribution in [0.15, 0.2) is 46.9 Å². The van der Waals surface area contributed by atoms with Crippen molar-refractivity contribution in [1.82, 2.24) is 10.2 Å². The van der Waals surface area contributed by atoms with Crippen molar-refractivity contribution in [2.75, 3.05) is 6.79 Å². The molecule has 3 aromatic rings. The molecule has 0 amide bonds. The Morgan fingerprint density at radius 2 is 1.89 bits per heavy atom. The average Bonchev–Trinajstić information content (AvgIpc) is 3.37. The molecule has 28 heavy (non-hydrogen) atoms. The summed E-state index contributed by atoms with van der Waals surface area (Å²) in [6.07, 6.45) is -0.794. The van der Waals surface area contributed by atoms with E-state index in [4.69, 9.17) is 18.6 Å². The first-order chi connectivity index (χ1) is 13.5. The molecule has 10 heteroatoms. The van der Waals surface area contributed by atoms with Crippen molar-refractivity contribution in [1.29, 1.82) is 0 Å². The van der Waals surface area contributed by atoms with Crippen LogP contribution in [0.5, 0.6) is 11.5 Å². The van der Waals surface area contributed by atoms with E-state index < -0.39 is 17.0 Å². The molecule has 2 heterocycles. The van der Waals surface area contributed by atoms with E-state index in [0.29, 0.717) is 22.6 Å². The normalized spacial score (nSPS) is 13.2. The van der Waals surface area contributed by atoms with Crippen molar-refractivity contribution in [3.8, 4) is 23.0 Å². The molecule has 4 rings (SSSR count). The van der Waals surface area contributed by atoms with E-state index in [1.807, 2.05) is 0 Å². The molecular weight excluding hydrogens is 370 g/mol. The van der Waals surface area contributed by atoms with Gasteiger partial charge < -0.3 is 18.6 Å². The maximum absolute atomic E-state index is 12.3. The number of non-ortho nitro benzene ring substituents is 1. The zero-order valence-electron chi connectivity index (χ0n) is 14.5. The lowest BCUT2D eigenvalue weighted by Gasteiger charge is -2.09. The molecule has 1 aliphatic rings. The van der Waals surface area contributed by atoms with Crippen LogP contribution in [-0.4, -0.2) is 27.9 Å². The molecule has 0 saturated carbocycles. The highest BCUT2D eigenvalue weighted by Gasteiger charge is 2.22. The van der Waals surface area contributed by atoms with Crippen molar-refractivity contribution in [3.05, 3.63) is 64.0 Å². The van der Waals surface area contributed by atoms with Crippen LogP contribution in [0.4, 0.5) is 5.69 Å². The van der Waals surface area contributed by atoms with E-state index in [-0.39, 0.29) is 24.3 Å². The number of nitro benzene ring substituents is 1. The van der Waals surface area contributed by atoms with Crippen molar-refractivity contribution in [2.45, 2.75) is 13.0 Å². The molecule has 0 bridgehead atoms. The molecule has 0 unspecified atom stereocenters. The number of hydrogen-bond donors (Lipinski definition) is 0. The van der Waals surface area contributed by atoms with Crippen LogP contribution in [0, 0.1) is 10.1 Å². The first kappa shape index (κ1) is 17.5. The number of benzene rings is 2. The Labute approximate surface area is 157 Å². The number of hydrogen-bond acceptors (Lipinski definition) is 9. The molecule has 0 fully saturated rings. The summed E-state index contributed by atoms with van der Waals surface area (Å²) in [5.74, 6) is 0.716. The topological polar surface area (TPSA) is 127 Å². The van der Waals surface area contributed by atoms with Gasteiger partial charge in [0.15, 0.2) is 17.6 Å². The molecule has 0 N–H and O–H groups in total. The fourth-order valence-electron chi connectivity index (χ4n) is 2.54. The number of aromatic nitrogens is 2. The predicted octanol–water partition coefficient (Wildman–Crippen LogP) is 3.29. The molecule has 142 valence electrons. The van der Waals surface area contributed by atoms with Crippen molar-refractivity contribution >= 4 is 11.7 Å². The average molecular weight is 383 g/mol. The Balaban J connectivity index is 1.46. The summed E-state index contributed by atoms with van der Waals surface area (Å²) in [4.78, 5) is 22.5. The Morgan fingerprint density at radius 1 is 1.14 bits per heavy atom. The minimum Gasteiger partial charge on any atom is -0.454 e. The van der Waals surface area contributed by atoms with Gasteiger partial charge in [-0.15, -0.1) is 10.2 Å². The standard InChI is InChI=1S/C18H13N3O7/c1-10(27-18(22)12-4-7-14-15(8-12)26-9-25-14)16-19-20-17(28-16)11-2-5-13(6-3-11)21(23)24/h2-8,10H,9H2,1H3/t10-/m0/s1. The maximum atomic E-state index is 12.3. The van der Waals surface area contributed by atoms with Gasteiger partial charge >= 0.3 is 5.97 Å². The van der Waals surface area contributed by atoms with Crippen molar-refractivity contribution < 1.29 is 28.3 Å². The quantitative estimate of drug-likeness (QED) is 0.370. The molecule has 2 aromatic carbocycles. The van der Waals surface area contributed by atoms with Crippen LogP contribution in [-0.2, 0) is 4.74 Å². The Kier molecular flexibility index (Phi) is 4.36. The highest BCUT2D eigenvalue weighted by Crippen LogP contribution is 2.33. The number of esters is 1. The molecule has 1 aromatic heterocycles. The minimum atomic E-state index is -0.794. The van der Waals surface area contributed by atoms with Crippen molar-refractivity contribution in [2.24, 2.45) is 0 Å². The third-order valence-corrected chi connectivity index (χ3v) is 4.01. The molecular formula is C18H13N3O7. The first-order valence-electron chi connectivity index (χ1n) is 8.20.